The number of hydrogen-bond acceptors (Lipinski definition) is 2. The first-order valence-corrected chi connectivity index (χ1v) is 8.37. The van der Waals surface area contributed by atoms with Crippen LogP contribution in [0.15, 0.2) is 22.7 Å². The standard InChI is InChI=1S/C16H21BrClN3/c1-4-19-8-7-15-11(2)20-21(12(15)3)10-13-5-6-14(17)9-16(13)18/h5-6,9,19H,4,7-8,10H2,1-3H3. The van der Waals surface area contributed by atoms with Crippen LogP contribution in [0.1, 0.15) is 29.4 Å². The Balaban J connectivity index is 2.19. The normalized spacial score (nSPS) is 11.1. The molecule has 3 nitrogen and oxygen atoms in total. The fourth-order valence-electron chi connectivity index (χ4n) is 2.45. The Bertz CT molecular complexity index is 622. The van der Waals surface area contributed by atoms with Crippen molar-refractivity contribution in [2.45, 2.75) is 33.7 Å². The van der Waals surface area contributed by atoms with Gasteiger partial charge in [0.1, 0.15) is 0 Å². The second kappa shape index (κ2) is 7.43. The molecule has 0 saturated carbocycles. The number of hydrogen-bond donors (Lipinski definition) is 1. The molecule has 1 N–H and O–H groups in total. The molecule has 2 aromatic rings. The molecule has 0 fully saturated rings. The number of aromatic nitrogens is 2. The summed E-state index contributed by atoms with van der Waals surface area (Å²) in [5.41, 5.74) is 4.76. The maximum absolute atomic E-state index is 6.30. The third-order valence-electron chi connectivity index (χ3n) is 3.67. The van der Waals surface area contributed by atoms with E-state index in [0.29, 0.717) is 6.54 Å². The van der Waals surface area contributed by atoms with Gasteiger partial charge in [0.2, 0.25) is 0 Å². The Labute approximate surface area is 139 Å². The minimum absolute atomic E-state index is 0.708. The lowest BCUT2D eigenvalue weighted by molar-refractivity contribution is 0.656. The van der Waals surface area contributed by atoms with Crippen molar-refractivity contribution in [3.05, 3.63) is 50.2 Å². The van der Waals surface area contributed by atoms with Gasteiger partial charge in [0.15, 0.2) is 0 Å². The molecule has 1 aromatic heterocycles. The fraction of sp³-hybridized carbons (Fsp3) is 0.438. The van der Waals surface area contributed by atoms with Gasteiger partial charge < -0.3 is 5.32 Å². The zero-order chi connectivity index (χ0) is 15.4. The second-order valence-electron chi connectivity index (χ2n) is 5.15. The van der Waals surface area contributed by atoms with Gasteiger partial charge in [0.25, 0.3) is 0 Å². The fourth-order valence-corrected chi connectivity index (χ4v) is 3.18. The Morgan fingerprint density at radius 2 is 2.10 bits per heavy atom. The van der Waals surface area contributed by atoms with Crippen LogP contribution >= 0.6 is 27.5 Å². The predicted octanol–water partition coefficient (Wildman–Crippen LogP) is 4.12. The lowest BCUT2D eigenvalue weighted by Gasteiger charge is -2.08. The second-order valence-corrected chi connectivity index (χ2v) is 6.47. The quantitative estimate of drug-likeness (QED) is 0.775. The molecule has 0 unspecified atom stereocenters. The highest BCUT2D eigenvalue weighted by molar-refractivity contribution is 9.10. The molecule has 114 valence electrons. The van der Waals surface area contributed by atoms with Gasteiger partial charge in [0.05, 0.1) is 12.2 Å². The average Bonchev–Trinajstić information content (AvgIpc) is 2.69. The first kappa shape index (κ1) is 16.5. The Morgan fingerprint density at radius 3 is 2.76 bits per heavy atom. The van der Waals surface area contributed by atoms with Gasteiger partial charge in [-0.25, -0.2) is 0 Å². The number of nitrogens with zero attached hydrogens (tertiary/aromatic N) is 2. The third kappa shape index (κ3) is 4.09. The van der Waals surface area contributed by atoms with Crippen LogP contribution < -0.4 is 5.32 Å². The van der Waals surface area contributed by atoms with Crippen molar-refractivity contribution in [3.8, 4) is 0 Å². The van der Waals surface area contributed by atoms with E-state index >= 15 is 0 Å². The summed E-state index contributed by atoms with van der Waals surface area (Å²) in [6, 6.07) is 5.98. The molecule has 0 atom stereocenters. The van der Waals surface area contributed by atoms with E-state index in [-0.39, 0.29) is 0 Å². The molecule has 21 heavy (non-hydrogen) atoms. The largest absolute Gasteiger partial charge is 0.317 e. The van der Waals surface area contributed by atoms with Gasteiger partial charge >= 0.3 is 0 Å². The maximum atomic E-state index is 6.30. The molecular weight excluding hydrogens is 350 g/mol. The van der Waals surface area contributed by atoms with Gasteiger partial charge in [0, 0.05) is 15.2 Å². The van der Waals surface area contributed by atoms with Crippen LogP contribution in [0.3, 0.4) is 0 Å². The van der Waals surface area contributed by atoms with Gasteiger partial charge in [-0.2, -0.15) is 5.10 Å². The summed E-state index contributed by atoms with van der Waals surface area (Å²) in [6.07, 6.45) is 1.01. The molecule has 0 aliphatic rings. The molecule has 0 bridgehead atoms. The van der Waals surface area contributed by atoms with Gasteiger partial charge in [-0.15, -0.1) is 0 Å². The summed E-state index contributed by atoms with van der Waals surface area (Å²) >= 11 is 9.73. The van der Waals surface area contributed by atoms with Crippen LogP contribution in [-0.4, -0.2) is 22.9 Å². The first-order chi connectivity index (χ1) is 10.0. The summed E-state index contributed by atoms with van der Waals surface area (Å²) < 4.78 is 3.04. The van der Waals surface area contributed by atoms with E-state index in [1.807, 2.05) is 22.9 Å². The SMILES string of the molecule is CCNCCc1c(C)nn(Cc2ccc(Br)cc2Cl)c1C. The minimum atomic E-state index is 0.708. The van der Waals surface area contributed by atoms with Crippen LogP contribution in [0.4, 0.5) is 0 Å². The summed E-state index contributed by atoms with van der Waals surface area (Å²) in [5, 5.41) is 8.80. The smallest absolute Gasteiger partial charge is 0.0677 e. The predicted molar refractivity (Wildman–Crippen MR) is 92.2 cm³/mol. The number of aryl methyl sites for hydroxylation is 1. The molecular formula is C16H21BrClN3. The number of likely N-dealkylation sites (N-methyl/N-ethyl adjacent to an activating group) is 1. The van der Waals surface area contributed by atoms with Crippen LogP contribution in [0.25, 0.3) is 0 Å². The molecule has 0 amide bonds. The maximum Gasteiger partial charge on any atom is 0.0677 e. The first-order valence-electron chi connectivity index (χ1n) is 7.20. The number of benzene rings is 1. The molecule has 0 spiro atoms. The lowest BCUT2D eigenvalue weighted by Crippen LogP contribution is -2.16. The summed E-state index contributed by atoms with van der Waals surface area (Å²) in [5.74, 6) is 0. The zero-order valence-electron chi connectivity index (χ0n) is 12.7. The van der Waals surface area contributed by atoms with Crippen molar-refractivity contribution in [1.29, 1.82) is 0 Å². The van der Waals surface area contributed by atoms with Gasteiger partial charge in [-0.05, 0) is 56.6 Å². The molecule has 1 aromatic carbocycles. The molecule has 1 heterocycles. The summed E-state index contributed by atoms with van der Waals surface area (Å²) in [4.78, 5) is 0. The summed E-state index contributed by atoms with van der Waals surface area (Å²) in [6.45, 7) is 9.03. The van der Waals surface area contributed by atoms with Crippen molar-refractivity contribution in [2.75, 3.05) is 13.1 Å². The summed E-state index contributed by atoms with van der Waals surface area (Å²) in [7, 11) is 0. The van der Waals surface area contributed by atoms with E-state index in [1.54, 1.807) is 0 Å². The number of nitrogens with one attached hydrogen (secondary N) is 1. The van der Waals surface area contributed by atoms with E-state index in [1.165, 1.54) is 11.3 Å². The van der Waals surface area contributed by atoms with E-state index in [0.717, 1.165) is 40.3 Å². The number of halogens is 2. The van der Waals surface area contributed by atoms with Crippen molar-refractivity contribution >= 4 is 27.5 Å². The lowest BCUT2D eigenvalue weighted by atomic mass is 10.1. The highest BCUT2D eigenvalue weighted by atomic mass is 79.9. The van der Waals surface area contributed by atoms with Crippen molar-refractivity contribution in [1.82, 2.24) is 15.1 Å². The Kier molecular flexibility index (Phi) is 5.85. The molecule has 5 heteroatoms. The Hall–Kier alpha value is -0.840. The van der Waals surface area contributed by atoms with Crippen LogP contribution in [0.5, 0.6) is 0 Å². The molecule has 0 aliphatic heterocycles. The zero-order valence-corrected chi connectivity index (χ0v) is 15.1. The Morgan fingerprint density at radius 1 is 1.33 bits per heavy atom. The van der Waals surface area contributed by atoms with Gasteiger partial charge in [-0.1, -0.05) is 40.5 Å². The van der Waals surface area contributed by atoms with E-state index < -0.39 is 0 Å². The molecule has 0 aliphatic carbocycles. The van der Waals surface area contributed by atoms with Crippen LogP contribution in [0, 0.1) is 13.8 Å². The van der Waals surface area contributed by atoms with E-state index in [2.05, 4.69) is 47.1 Å². The van der Waals surface area contributed by atoms with E-state index in [9.17, 15) is 0 Å². The van der Waals surface area contributed by atoms with Crippen molar-refractivity contribution < 1.29 is 0 Å². The van der Waals surface area contributed by atoms with E-state index in [4.69, 9.17) is 11.6 Å². The third-order valence-corrected chi connectivity index (χ3v) is 4.51. The highest BCUT2D eigenvalue weighted by Crippen LogP contribution is 2.23. The van der Waals surface area contributed by atoms with Crippen LogP contribution in [-0.2, 0) is 13.0 Å². The monoisotopic (exact) mass is 369 g/mol. The molecule has 0 radical (unpaired) electrons. The molecule has 2 rings (SSSR count). The average molecular weight is 371 g/mol. The van der Waals surface area contributed by atoms with Crippen LogP contribution in [0.2, 0.25) is 5.02 Å². The van der Waals surface area contributed by atoms with Crippen molar-refractivity contribution in [3.63, 3.8) is 0 Å². The number of rotatable bonds is 6. The molecule has 0 saturated heterocycles. The minimum Gasteiger partial charge on any atom is -0.317 e. The van der Waals surface area contributed by atoms with Crippen molar-refractivity contribution in [2.24, 2.45) is 0 Å². The van der Waals surface area contributed by atoms with Gasteiger partial charge in [-0.3, -0.25) is 4.68 Å². The topological polar surface area (TPSA) is 29.9 Å². The highest BCUT2D eigenvalue weighted by Gasteiger charge is 2.12.